The first kappa shape index (κ1) is 13.3. The first-order valence-corrected chi connectivity index (χ1v) is 6.40. The molecule has 0 unspecified atom stereocenters. The van der Waals surface area contributed by atoms with Crippen LogP contribution >= 0.6 is 0 Å². The van der Waals surface area contributed by atoms with E-state index >= 15 is 0 Å². The second-order valence-electron chi connectivity index (χ2n) is 4.89. The Morgan fingerprint density at radius 3 is 2.58 bits per heavy atom. The fourth-order valence-electron chi connectivity index (χ4n) is 1.98. The van der Waals surface area contributed by atoms with Gasteiger partial charge in [0, 0.05) is 23.3 Å². The molecule has 1 aromatic carbocycles. The molecule has 1 aliphatic rings. The molecular weight excluding hydrogens is 238 g/mol. The smallest absolute Gasteiger partial charge is 0.255 e. The molecule has 1 N–H and O–H groups in total. The second-order valence-corrected chi connectivity index (χ2v) is 4.89. The Balaban J connectivity index is 2.15. The fraction of sp³-hybridized carbons (Fsp3) is 0.250. The molecule has 0 saturated carbocycles. The summed E-state index contributed by atoms with van der Waals surface area (Å²) in [5, 5.41) is 2.81. The Morgan fingerprint density at radius 2 is 1.95 bits per heavy atom. The average molecular weight is 255 g/mol. The minimum Gasteiger partial charge on any atom is -0.322 e. The third-order valence-corrected chi connectivity index (χ3v) is 2.87. The van der Waals surface area contributed by atoms with Crippen LogP contribution in [0.3, 0.4) is 0 Å². The van der Waals surface area contributed by atoms with Crippen LogP contribution in [0.1, 0.15) is 30.6 Å². The number of rotatable bonds is 3. The molecule has 3 heteroatoms. The Morgan fingerprint density at radius 1 is 1.26 bits per heavy atom. The van der Waals surface area contributed by atoms with E-state index in [1.807, 2.05) is 38.1 Å². The summed E-state index contributed by atoms with van der Waals surface area (Å²) in [6, 6.07) is 8.98. The maximum atomic E-state index is 12.0. The van der Waals surface area contributed by atoms with E-state index in [0.29, 0.717) is 23.3 Å². The first-order valence-electron chi connectivity index (χ1n) is 6.40. The van der Waals surface area contributed by atoms with E-state index in [0.717, 1.165) is 0 Å². The maximum Gasteiger partial charge on any atom is 0.255 e. The van der Waals surface area contributed by atoms with Crippen LogP contribution in [0.2, 0.25) is 0 Å². The van der Waals surface area contributed by atoms with E-state index < -0.39 is 0 Å². The highest BCUT2D eigenvalue weighted by atomic mass is 16.2. The van der Waals surface area contributed by atoms with Gasteiger partial charge in [-0.05, 0) is 18.1 Å². The number of ketones is 1. The van der Waals surface area contributed by atoms with Gasteiger partial charge in [0.2, 0.25) is 0 Å². The van der Waals surface area contributed by atoms with E-state index in [4.69, 9.17) is 0 Å². The number of allylic oxidation sites excluding steroid dienone is 3. The molecule has 0 aliphatic heterocycles. The van der Waals surface area contributed by atoms with Crippen molar-refractivity contribution >= 4 is 11.7 Å². The third-order valence-electron chi connectivity index (χ3n) is 2.87. The van der Waals surface area contributed by atoms with Crippen LogP contribution in [0.5, 0.6) is 0 Å². The highest BCUT2D eigenvalue weighted by Crippen LogP contribution is 2.21. The van der Waals surface area contributed by atoms with Crippen molar-refractivity contribution < 1.29 is 9.59 Å². The van der Waals surface area contributed by atoms with Crippen LogP contribution < -0.4 is 5.32 Å². The molecule has 0 radical (unpaired) electrons. The molecular formula is C16H17NO2. The normalized spacial score (nSPS) is 16.9. The lowest BCUT2D eigenvalue weighted by Gasteiger charge is -2.09. The molecule has 0 aromatic heterocycles. The number of hydrogen-bond donors (Lipinski definition) is 1. The van der Waals surface area contributed by atoms with Gasteiger partial charge in [0.15, 0.2) is 5.78 Å². The minimum atomic E-state index is -0.184. The van der Waals surface area contributed by atoms with Crippen molar-refractivity contribution in [1.29, 1.82) is 0 Å². The third kappa shape index (κ3) is 3.19. The molecule has 3 nitrogen and oxygen atoms in total. The monoisotopic (exact) mass is 255 g/mol. The summed E-state index contributed by atoms with van der Waals surface area (Å²) in [7, 11) is 0. The van der Waals surface area contributed by atoms with E-state index in [-0.39, 0.29) is 17.6 Å². The molecule has 1 aromatic rings. The Kier molecular flexibility index (Phi) is 3.95. The van der Waals surface area contributed by atoms with Crippen LogP contribution in [0, 0.1) is 5.92 Å². The SMILES string of the molecule is CC(C)C=C1C(=O)CC=C1NC(=O)c1ccccc1. The van der Waals surface area contributed by atoms with E-state index in [1.54, 1.807) is 18.2 Å². The van der Waals surface area contributed by atoms with Crippen molar-refractivity contribution in [1.82, 2.24) is 5.32 Å². The molecule has 98 valence electrons. The van der Waals surface area contributed by atoms with Crippen molar-refractivity contribution in [3.8, 4) is 0 Å². The lowest BCUT2D eigenvalue weighted by atomic mass is 10.1. The van der Waals surface area contributed by atoms with Crippen molar-refractivity contribution in [2.75, 3.05) is 0 Å². The van der Waals surface area contributed by atoms with Gasteiger partial charge in [0.05, 0.1) is 0 Å². The molecule has 1 aliphatic carbocycles. The van der Waals surface area contributed by atoms with Gasteiger partial charge in [-0.1, -0.05) is 44.2 Å². The Labute approximate surface area is 113 Å². The van der Waals surface area contributed by atoms with Crippen LogP contribution in [0.15, 0.2) is 53.8 Å². The molecule has 0 heterocycles. The van der Waals surface area contributed by atoms with Crippen molar-refractivity contribution in [2.24, 2.45) is 5.92 Å². The lowest BCUT2D eigenvalue weighted by molar-refractivity contribution is -0.114. The number of carbonyl (C=O) groups is 2. The van der Waals surface area contributed by atoms with Gasteiger partial charge in [0.1, 0.15) is 0 Å². The van der Waals surface area contributed by atoms with E-state index in [9.17, 15) is 9.59 Å². The van der Waals surface area contributed by atoms with Gasteiger partial charge in [-0.25, -0.2) is 0 Å². The standard InChI is InChI=1S/C16H17NO2/c1-11(2)10-13-14(8-9-15(13)18)17-16(19)12-6-4-3-5-7-12/h3-8,10-11H,9H2,1-2H3,(H,17,19). The largest absolute Gasteiger partial charge is 0.322 e. The van der Waals surface area contributed by atoms with Crippen LogP contribution in [-0.4, -0.2) is 11.7 Å². The fourth-order valence-corrected chi connectivity index (χ4v) is 1.98. The number of nitrogens with one attached hydrogen (secondary N) is 1. The zero-order chi connectivity index (χ0) is 13.8. The van der Waals surface area contributed by atoms with Gasteiger partial charge < -0.3 is 5.32 Å². The van der Waals surface area contributed by atoms with Gasteiger partial charge >= 0.3 is 0 Å². The summed E-state index contributed by atoms with van der Waals surface area (Å²) in [6.07, 6.45) is 4.03. The quantitative estimate of drug-likeness (QED) is 0.844. The van der Waals surface area contributed by atoms with Crippen molar-refractivity contribution in [2.45, 2.75) is 20.3 Å². The number of hydrogen-bond acceptors (Lipinski definition) is 2. The summed E-state index contributed by atoms with van der Waals surface area (Å²) in [5.41, 5.74) is 1.85. The summed E-state index contributed by atoms with van der Waals surface area (Å²) >= 11 is 0. The predicted octanol–water partition coefficient (Wildman–Crippen LogP) is 2.86. The average Bonchev–Trinajstić information content (AvgIpc) is 2.72. The summed E-state index contributed by atoms with van der Waals surface area (Å²) in [4.78, 5) is 23.8. The lowest BCUT2D eigenvalue weighted by Crippen LogP contribution is -2.23. The van der Waals surface area contributed by atoms with Crippen molar-refractivity contribution in [3.63, 3.8) is 0 Å². The first-order chi connectivity index (χ1) is 9.08. The predicted molar refractivity (Wildman–Crippen MR) is 74.5 cm³/mol. The molecule has 0 atom stereocenters. The van der Waals surface area contributed by atoms with Crippen LogP contribution in [0.4, 0.5) is 0 Å². The molecule has 0 bridgehead atoms. The Bertz CT molecular complexity index is 553. The summed E-state index contributed by atoms with van der Waals surface area (Å²) in [6.45, 7) is 4.02. The number of amides is 1. The molecule has 19 heavy (non-hydrogen) atoms. The van der Waals surface area contributed by atoms with Gasteiger partial charge in [-0.2, -0.15) is 0 Å². The Hall–Kier alpha value is -2.16. The highest BCUT2D eigenvalue weighted by molar-refractivity contribution is 6.06. The number of benzene rings is 1. The van der Waals surface area contributed by atoms with Gasteiger partial charge in [-0.15, -0.1) is 0 Å². The second kappa shape index (κ2) is 5.65. The van der Waals surface area contributed by atoms with E-state index in [2.05, 4.69) is 5.32 Å². The van der Waals surface area contributed by atoms with E-state index in [1.165, 1.54) is 0 Å². The molecule has 2 rings (SSSR count). The minimum absolute atomic E-state index is 0.0667. The maximum absolute atomic E-state index is 12.0. The van der Waals surface area contributed by atoms with Gasteiger partial charge in [-0.3, -0.25) is 9.59 Å². The topological polar surface area (TPSA) is 46.2 Å². The molecule has 0 saturated heterocycles. The number of Topliss-reactive ketones (excluding diaryl/α,β-unsaturated/α-hetero) is 1. The molecule has 0 fully saturated rings. The zero-order valence-corrected chi connectivity index (χ0v) is 11.1. The van der Waals surface area contributed by atoms with Crippen LogP contribution in [0.25, 0.3) is 0 Å². The zero-order valence-electron chi connectivity index (χ0n) is 11.1. The van der Waals surface area contributed by atoms with Crippen molar-refractivity contribution in [3.05, 3.63) is 59.3 Å². The summed E-state index contributed by atoms with van der Waals surface area (Å²) < 4.78 is 0. The number of carbonyl (C=O) groups excluding carboxylic acids is 2. The molecule has 1 amide bonds. The van der Waals surface area contributed by atoms with Gasteiger partial charge in [0.25, 0.3) is 5.91 Å². The highest BCUT2D eigenvalue weighted by Gasteiger charge is 2.22. The molecule has 0 spiro atoms. The van der Waals surface area contributed by atoms with Crippen LogP contribution in [-0.2, 0) is 4.79 Å². The summed E-state index contributed by atoms with van der Waals surface area (Å²) in [5.74, 6) is 0.155.